The molecule has 1 amide bonds. The van der Waals surface area contributed by atoms with Gasteiger partial charge in [-0.15, -0.1) is 0 Å². The van der Waals surface area contributed by atoms with Gasteiger partial charge in [0.25, 0.3) is 0 Å². The molecule has 25 heavy (non-hydrogen) atoms. The first-order valence-electron chi connectivity index (χ1n) is 8.43. The number of fused-ring (bicyclic) bond motifs is 2. The van der Waals surface area contributed by atoms with Crippen LogP contribution in [0.15, 0.2) is 47.4 Å². The lowest BCUT2D eigenvalue weighted by Gasteiger charge is -2.25. The van der Waals surface area contributed by atoms with E-state index in [0.29, 0.717) is 23.4 Å². The SMILES string of the molecule is CN(C1Cc2ccccc2C1)S(=O)(=O)c1ccc2c(c1)CCC(=O)N2. The maximum Gasteiger partial charge on any atom is 0.243 e. The average Bonchev–Trinajstić information content (AvgIpc) is 3.04. The number of likely N-dealkylation sites (N-methyl/N-ethyl adjacent to an activating group) is 1. The predicted octanol–water partition coefficient (Wildman–Crippen LogP) is 2.36. The summed E-state index contributed by atoms with van der Waals surface area (Å²) in [7, 11) is -1.91. The third kappa shape index (κ3) is 2.85. The number of benzene rings is 2. The van der Waals surface area contributed by atoms with Crippen molar-refractivity contribution < 1.29 is 13.2 Å². The molecule has 2 aromatic rings. The smallest absolute Gasteiger partial charge is 0.243 e. The Balaban J connectivity index is 1.61. The van der Waals surface area contributed by atoms with E-state index in [9.17, 15) is 13.2 Å². The van der Waals surface area contributed by atoms with Crippen LogP contribution >= 0.6 is 0 Å². The number of hydrogen-bond donors (Lipinski definition) is 1. The maximum atomic E-state index is 13.1. The highest BCUT2D eigenvalue weighted by atomic mass is 32.2. The van der Waals surface area contributed by atoms with Crippen molar-refractivity contribution in [3.63, 3.8) is 0 Å². The molecule has 130 valence electrons. The zero-order valence-corrected chi connectivity index (χ0v) is 14.8. The van der Waals surface area contributed by atoms with E-state index in [-0.39, 0.29) is 11.9 Å². The molecule has 1 aliphatic heterocycles. The van der Waals surface area contributed by atoms with Gasteiger partial charge >= 0.3 is 0 Å². The molecule has 1 aliphatic carbocycles. The van der Waals surface area contributed by atoms with Gasteiger partial charge in [-0.2, -0.15) is 4.31 Å². The first kappa shape index (κ1) is 16.3. The maximum absolute atomic E-state index is 13.1. The van der Waals surface area contributed by atoms with Crippen LogP contribution in [0.5, 0.6) is 0 Å². The van der Waals surface area contributed by atoms with Crippen LogP contribution in [0, 0.1) is 0 Å². The second kappa shape index (κ2) is 5.97. The standard InChI is InChI=1S/C19H20N2O3S/c1-21(16-10-13-4-2-3-5-14(13)11-16)25(23,24)17-7-8-18-15(12-17)6-9-19(22)20-18/h2-5,7-8,12,16H,6,9-11H2,1H3,(H,20,22). The minimum atomic E-state index is -3.57. The van der Waals surface area contributed by atoms with Crippen molar-refractivity contribution in [1.29, 1.82) is 0 Å². The third-order valence-electron chi connectivity index (χ3n) is 5.19. The van der Waals surface area contributed by atoms with Gasteiger partial charge in [-0.05, 0) is 54.2 Å². The number of rotatable bonds is 3. The van der Waals surface area contributed by atoms with Crippen molar-refractivity contribution in [3.05, 3.63) is 59.2 Å². The largest absolute Gasteiger partial charge is 0.326 e. The van der Waals surface area contributed by atoms with Crippen LogP contribution in [-0.4, -0.2) is 31.7 Å². The highest BCUT2D eigenvalue weighted by Crippen LogP contribution is 2.30. The molecule has 6 heteroatoms. The molecule has 2 aliphatic rings. The van der Waals surface area contributed by atoms with Crippen molar-refractivity contribution in [2.24, 2.45) is 0 Å². The van der Waals surface area contributed by atoms with Crippen molar-refractivity contribution in [2.75, 3.05) is 12.4 Å². The van der Waals surface area contributed by atoms with Crippen LogP contribution in [0.2, 0.25) is 0 Å². The van der Waals surface area contributed by atoms with Crippen molar-refractivity contribution in [2.45, 2.75) is 36.6 Å². The molecular formula is C19H20N2O3S. The Bertz CT molecular complexity index is 928. The normalized spacial score (nSPS) is 17.3. The van der Waals surface area contributed by atoms with E-state index in [1.165, 1.54) is 15.4 Å². The third-order valence-corrected chi connectivity index (χ3v) is 7.10. The zero-order valence-electron chi connectivity index (χ0n) is 14.0. The number of carbonyl (C=O) groups is 1. The van der Waals surface area contributed by atoms with E-state index >= 15 is 0 Å². The topological polar surface area (TPSA) is 66.5 Å². The molecule has 0 saturated carbocycles. The summed E-state index contributed by atoms with van der Waals surface area (Å²) < 4.78 is 27.6. The Labute approximate surface area is 147 Å². The first-order chi connectivity index (χ1) is 11.9. The summed E-state index contributed by atoms with van der Waals surface area (Å²) in [5, 5.41) is 2.79. The monoisotopic (exact) mass is 356 g/mol. The van der Waals surface area contributed by atoms with E-state index in [1.807, 2.05) is 12.1 Å². The van der Waals surface area contributed by atoms with Gasteiger partial charge in [-0.3, -0.25) is 4.79 Å². The predicted molar refractivity (Wildman–Crippen MR) is 96.0 cm³/mol. The summed E-state index contributed by atoms with van der Waals surface area (Å²) >= 11 is 0. The van der Waals surface area contributed by atoms with Gasteiger partial charge in [0.2, 0.25) is 15.9 Å². The molecular weight excluding hydrogens is 336 g/mol. The molecule has 4 rings (SSSR count). The molecule has 0 spiro atoms. The van der Waals surface area contributed by atoms with Crippen LogP contribution < -0.4 is 5.32 Å². The van der Waals surface area contributed by atoms with E-state index in [0.717, 1.165) is 18.4 Å². The van der Waals surface area contributed by atoms with Gasteiger partial charge < -0.3 is 5.32 Å². The fourth-order valence-corrected chi connectivity index (χ4v) is 5.08. The Hall–Kier alpha value is -2.18. The molecule has 1 heterocycles. The van der Waals surface area contributed by atoms with Gasteiger partial charge in [0, 0.05) is 25.2 Å². The fourth-order valence-electron chi connectivity index (χ4n) is 3.68. The van der Waals surface area contributed by atoms with Crippen LogP contribution in [0.3, 0.4) is 0 Å². The van der Waals surface area contributed by atoms with Crippen LogP contribution in [0.4, 0.5) is 5.69 Å². The second-order valence-corrected chi connectivity index (χ2v) is 8.72. The molecule has 0 saturated heterocycles. The van der Waals surface area contributed by atoms with Crippen LogP contribution in [-0.2, 0) is 34.1 Å². The van der Waals surface area contributed by atoms with Gasteiger partial charge in [0.1, 0.15) is 0 Å². The number of amides is 1. The summed E-state index contributed by atoms with van der Waals surface area (Å²) in [5.41, 5.74) is 4.04. The number of anilines is 1. The molecule has 1 N–H and O–H groups in total. The van der Waals surface area contributed by atoms with E-state index in [1.54, 1.807) is 25.2 Å². The lowest BCUT2D eigenvalue weighted by molar-refractivity contribution is -0.116. The number of hydrogen-bond acceptors (Lipinski definition) is 3. The summed E-state index contributed by atoms with van der Waals surface area (Å²) in [6, 6.07) is 13.0. The molecule has 5 nitrogen and oxygen atoms in total. The van der Waals surface area contributed by atoms with Gasteiger partial charge in [-0.25, -0.2) is 8.42 Å². The average molecular weight is 356 g/mol. The molecule has 0 radical (unpaired) electrons. The van der Waals surface area contributed by atoms with Crippen LogP contribution in [0.25, 0.3) is 0 Å². The van der Waals surface area contributed by atoms with Gasteiger partial charge in [0.05, 0.1) is 4.90 Å². The van der Waals surface area contributed by atoms with E-state index < -0.39 is 10.0 Å². The fraction of sp³-hybridized carbons (Fsp3) is 0.316. The lowest BCUT2D eigenvalue weighted by Crippen LogP contribution is -2.37. The van der Waals surface area contributed by atoms with Gasteiger partial charge in [-0.1, -0.05) is 24.3 Å². The summed E-state index contributed by atoms with van der Waals surface area (Å²) in [5.74, 6) is -0.0241. The summed E-state index contributed by atoms with van der Waals surface area (Å²) in [6.07, 6.45) is 2.45. The Morgan fingerprint density at radius 1 is 1.00 bits per heavy atom. The molecule has 0 unspecified atom stereocenters. The second-order valence-electron chi connectivity index (χ2n) is 6.72. The number of aryl methyl sites for hydroxylation is 1. The molecule has 0 fully saturated rings. The molecule has 0 bridgehead atoms. The van der Waals surface area contributed by atoms with E-state index in [2.05, 4.69) is 17.4 Å². The number of sulfonamides is 1. The van der Waals surface area contributed by atoms with Crippen LogP contribution in [0.1, 0.15) is 23.1 Å². The zero-order chi connectivity index (χ0) is 17.6. The minimum Gasteiger partial charge on any atom is -0.326 e. The highest BCUT2D eigenvalue weighted by molar-refractivity contribution is 7.89. The number of nitrogens with zero attached hydrogens (tertiary/aromatic N) is 1. The number of nitrogens with one attached hydrogen (secondary N) is 1. The lowest BCUT2D eigenvalue weighted by atomic mass is 10.0. The van der Waals surface area contributed by atoms with Gasteiger partial charge in [0.15, 0.2) is 0 Å². The molecule has 0 aromatic heterocycles. The highest BCUT2D eigenvalue weighted by Gasteiger charge is 2.33. The Morgan fingerprint density at radius 3 is 2.36 bits per heavy atom. The van der Waals surface area contributed by atoms with Crippen molar-refractivity contribution in [3.8, 4) is 0 Å². The summed E-state index contributed by atoms with van der Waals surface area (Å²) in [4.78, 5) is 11.8. The van der Waals surface area contributed by atoms with Crippen molar-refractivity contribution >= 4 is 21.6 Å². The van der Waals surface area contributed by atoms with E-state index in [4.69, 9.17) is 0 Å². The number of carbonyl (C=O) groups excluding carboxylic acids is 1. The Morgan fingerprint density at radius 2 is 1.68 bits per heavy atom. The minimum absolute atomic E-state index is 0.0241. The first-order valence-corrected chi connectivity index (χ1v) is 9.87. The van der Waals surface area contributed by atoms with Crippen molar-refractivity contribution in [1.82, 2.24) is 4.31 Å². The Kier molecular flexibility index (Phi) is 3.89. The summed E-state index contributed by atoms with van der Waals surface area (Å²) in [6.45, 7) is 0. The quantitative estimate of drug-likeness (QED) is 0.918. The molecule has 0 atom stereocenters. The molecule has 2 aromatic carbocycles.